The molecule has 0 N–H and O–H groups in total. The first kappa shape index (κ1) is 20.8. The maximum Gasteiger partial charge on any atom is 0.227 e. The first-order valence-corrected chi connectivity index (χ1v) is 12.3. The normalized spacial score (nSPS) is 11.7. The molecule has 6 aromatic heterocycles. The van der Waals surface area contributed by atoms with E-state index < -0.39 is 0 Å². The van der Waals surface area contributed by atoms with Crippen LogP contribution in [0.15, 0.2) is 119 Å². The first-order valence-electron chi connectivity index (χ1n) is 12.3. The van der Waals surface area contributed by atoms with Gasteiger partial charge in [0.15, 0.2) is 16.7 Å². The Kier molecular flexibility index (Phi) is 4.42. The van der Waals surface area contributed by atoms with Gasteiger partial charge < -0.3 is 8.83 Å². The van der Waals surface area contributed by atoms with Crippen LogP contribution in [0.5, 0.6) is 0 Å². The van der Waals surface area contributed by atoms with Crippen molar-refractivity contribution in [2.75, 3.05) is 0 Å². The summed E-state index contributed by atoms with van der Waals surface area (Å²) in [5.41, 5.74) is 8.75. The molecule has 6 heterocycles. The van der Waals surface area contributed by atoms with Gasteiger partial charge in [-0.25, -0.2) is 4.98 Å². The van der Waals surface area contributed by atoms with E-state index in [2.05, 4.69) is 68.5 Å². The monoisotopic (exact) mass is 490 g/mol. The lowest BCUT2D eigenvalue weighted by atomic mass is 10.00. The minimum absolute atomic E-state index is 0.623. The van der Waals surface area contributed by atoms with Gasteiger partial charge in [0.1, 0.15) is 11.4 Å². The number of furan rings is 2. The highest BCUT2D eigenvalue weighted by molar-refractivity contribution is 6.09. The van der Waals surface area contributed by atoms with Gasteiger partial charge >= 0.3 is 0 Å². The van der Waals surface area contributed by atoms with Crippen molar-refractivity contribution in [2.45, 2.75) is 0 Å². The second-order valence-corrected chi connectivity index (χ2v) is 9.16. The zero-order valence-electron chi connectivity index (χ0n) is 20.0. The van der Waals surface area contributed by atoms with Crippen LogP contribution >= 0.6 is 0 Å². The quantitative estimate of drug-likeness (QED) is 0.249. The molecule has 38 heavy (non-hydrogen) atoms. The lowest BCUT2D eigenvalue weighted by molar-refractivity contribution is 0.653. The minimum atomic E-state index is 0.623. The van der Waals surface area contributed by atoms with Crippen LogP contribution in [0.4, 0.5) is 0 Å². The SMILES string of the molecule is c1cnc2oc3c(-c4ccc(-c5ccc(-c6nccc7c6oc6cnccc67)cc5)cc4)nccc3c2c1. The number of aromatic nitrogens is 4. The van der Waals surface area contributed by atoms with Gasteiger partial charge in [-0.1, -0.05) is 48.5 Å². The van der Waals surface area contributed by atoms with Crippen LogP contribution in [0.2, 0.25) is 0 Å². The number of nitrogens with zero attached hydrogens (tertiary/aromatic N) is 4. The van der Waals surface area contributed by atoms with Gasteiger partial charge in [0, 0.05) is 57.5 Å². The molecule has 0 amide bonds. The average Bonchev–Trinajstić information content (AvgIpc) is 3.56. The van der Waals surface area contributed by atoms with E-state index in [0.717, 1.165) is 71.9 Å². The van der Waals surface area contributed by atoms with Crippen molar-refractivity contribution < 1.29 is 8.83 Å². The third kappa shape index (κ3) is 3.14. The van der Waals surface area contributed by atoms with Gasteiger partial charge in [-0.05, 0) is 41.5 Å². The van der Waals surface area contributed by atoms with Crippen LogP contribution in [0.3, 0.4) is 0 Å². The van der Waals surface area contributed by atoms with E-state index in [1.807, 2.05) is 42.7 Å². The number of benzene rings is 2. The fourth-order valence-corrected chi connectivity index (χ4v) is 5.15. The lowest BCUT2D eigenvalue weighted by Gasteiger charge is -2.07. The van der Waals surface area contributed by atoms with Crippen LogP contribution < -0.4 is 0 Å². The molecule has 0 aliphatic rings. The Morgan fingerprint density at radius 3 is 1.71 bits per heavy atom. The van der Waals surface area contributed by atoms with E-state index in [4.69, 9.17) is 8.83 Å². The predicted molar refractivity (Wildman–Crippen MR) is 148 cm³/mol. The van der Waals surface area contributed by atoms with Crippen LogP contribution in [-0.4, -0.2) is 19.9 Å². The summed E-state index contributed by atoms with van der Waals surface area (Å²) in [7, 11) is 0. The van der Waals surface area contributed by atoms with Gasteiger partial charge in [-0.15, -0.1) is 0 Å². The third-order valence-corrected chi connectivity index (χ3v) is 7.01. The molecule has 6 heteroatoms. The Morgan fingerprint density at radius 2 is 1.03 bits per heavy atom. The third-order valence-electron chi connectivity index (χ3n) is 7.01. The molecule has 2 aromatic carbocycles. The second kappa shape index (κ2) is 8.08. The van der Waals surface area contributed by atoms with E-state index >= 15 is 0 Å². The molecule has 0 fully saturated rings. The van der Waals surface area contributed by atoms with Gasteiger partial charge in [0.05, 0.1) is 6.20 Å². The Labute approximate surface area is 216 Å². The predicted octanol–water partition coefficient (Wildman–Crippen LogP) is 8.07. The molecule has 6 nitrogen and oxygen atoms in total. The van der Waals surface area contributed by atoms with Crippen LogP contribution in [-0.2, 0) is 0 Å². The molecule has 0 aliphatic heterocycles. The van der Waals surface area contributed by atoms with Crippen molar-refractivity contribution in [3.05, 3.63) is 110 Å². The summed E-state index contributed by atoms with van der Waals surface area (Å²) in [6, 6.07) is 26.6. The van der Waals surface area contributed by atoms with Crippen molar-refractivity contribution in [3.8, 4) is 33.6 Å². The molecule has 0 bridgehead atoms. The van der Waals surface area contributed by atoms with Crippen molar-refractivity contribution in [1.29, 1.82) is 0 Å². The van der Waals surface area contributed by atoms with E-state index in [1.165, 1.54) is 0 Å². The average molecular weight is 491 g/mol. The summed E-state index contributed by atoms with van der Waals surface area (Å²) < 4.78 is 12.2. The minimum Gasteiger partial charge on any atom is -0.452 e. The molecule has 0 saturated carbocycles. The van der Waals surface area contributed by atoms with Crippen molar-refractivity contribution in [3.63, 3.8) is 0 Å². The lowest BCUT2D eigenvalue weighted by Crippen LogP contribution is -1.86. The van der Waals surface area contributed by atoms with Gasteiger partial charge in [0.25, 0.3) is 0 Å². The Balaban J connectivity index is 1.14. The fourth-order valence-electron chi connectivity index (χ4n) is 5.15. The number of pyridine rings is 4. The summed E-state index contributed by atoms with van der Waals surface area (Å²) in [6.07, 6.45) is 8.91. The van der Waals surface area contributed by atoms with Crippen LogP contribution in [0.25, 0.3) is 77.6 Å². The highest BCUT2D eigenvalue weighted by Gasteiger charge is 2.15. The maximum absolute atomic E-state index is 6.12. The topological polar surface area (TPSA) is 77.8 Å². The van der Waals surface area contributed by atoms with E-state index in [-0.39, 0.29) is 0 Å². The zero-order chi connectivity index (χ0) is 25.1. The summed E-state index contributed by atoms with van der Waals surface area (Å²) in [5, 5.41) is 4.09. The largest absolute Gasteiger partial charge is 0.452 e. The molecule has 8 rings (SSSR count). The van der Waals surface area contributed by atoms with E-state index in [9.17, 15) is 0 Å². The molecule has 178 valence electrons. The number of hydrogen-bond acceptors (Lipinski definition) is 6. The van der Waals surface area contributed by atoms with Gasteiger partial charge in [0.2, 0.25) is 5.71 Å². The fraction of sp³-hybridized carbons (Fsp3) is 0. The van der Waals surface area contributed by atoms with E-state index in [1.54, 1.807) is 18.6 Å². The second-order valence-electron chi connectivity index (χ2n) is 9.16. The number of rotatable bonds is 3. The molecule has 8 aromatic rings. The van der Waals surface area contributed by atoms with Gasteiger partial charge in [-0.3, -0.25) is 15.0 Å². The highest BCUT2D eigenvalue weighted by Crippen LogP contribution is 2.36. The molecular weight excluding hydrogens is 472 g/mol. The molecule has 0 unspecified atom stereocenters. The maximum atomic E-state index is 6.12. The Bertz CT molecular complexity index is 1970. The first-order chi connectivity index (χ1) is 18.8. The van der Waals surface area contributed by atoms with Crippen molar-refractivity contribution in [1.82, 2.24) is 19.9 Å². The highest BCUT2D eigenvalue weighted by atomic mass is 16.3. The van der Waals surface area contributed by atoms with Crippen LogP contribution in [0, 0.1) is 0 Å². The Morgan fingerprint density at radius 1 is 0.447 bits per heavy atom. The number of fused-ring (bicyclic) bond motifs is 6. The molecular formula is C32H18N4O2. The number of hydrogen-bond donors (Lipinski definition) is 0. The van der Waals surface area contributed by atoms with E-state index in [0.29, 0.717) is 5.71 Å². The summed E-state index contributed by atoms with van der Waals surface area (Å²) in [6.45, 7) is 0. The summed E-state index contributed by atoms with van der Waals surface area (Å²) >= 11 is 0. The Hall–Kier alpha value is -5.36. The van der Waals surface area contributed by atoms with Crippen molar-refractivity contribution in [2.24, 2.45) is 0 Å². The zero-order valence-corrected chi connectivity index (χ0v) is 20.0. The summed E-state index contributed by atoms with van der Waals surface area (Å²) in [4.78, 5) is 17.8. The smallest absolute Gasteiger partial charge is 0.227 e. The molecule has 0 radical (unpaired) electrons. The van der Waals surface area contributed by atoms with Gasteiger partial charge in [-0.2, -0.15) is 0 Å². The molecule has 0 aliphatic carbocycles. The molecule has 0 saturated heterocycles. The molecule has 0 atom stereocenters. The molecule has 0 spiro atoms. The van der Waals surface area contributed by atoms with Crippen molar-refractivity contribution >= 4 is 44.0 Å². The summed E-state index contributed by atoms with van der Waals surface area (Å²) in [5.74, 6) is 0. The van der Waals surface area contributed by atoms with Crippen LogP contribution in [0.1, 0.15) is 0 Å². The standard InChI is InChI=1S/C32H18N4O2/c1-2-26-25-13-17-35-29(31(25)38-32(26)36-14-1)22-9-5-20(6-10-22)19-3-7-21(8-4-19)28-30-24(12-16-34-28)23-11-15-33-18-27(23)37-30/h1-18H.